The van der Waals surface area contributed by atoms with E-state index in [9.17, 15) is 5.11 Å². The molecule has 1 rings (SSSR count). The van der Waals surface area contributed by atoms with Gasteiger partial charge in [0.15, 0.2) is 0 Å². The Morgan fingerprint density at radius 2 is 1.91 bits per heavy atom. The van der Waals surface area contributed by atoms with Crippen LogP contribution in [0.25, 0.3) is 0 Å². The number of hydrogen-bond acceptors (Lipinski definition) is 3. The highest BCUT2D eigenvalue weighted by molar-refractivity contribution is 5.44. The average molecular weight is 153 g/mol. The van der Waals surface area contributed by atoms with Gasteiger partial charge in [-0.25, -0.2) is 0 Å². The van der Waals surface area contributed by atoms with Crippen LogP contribution in [0.15, 0.2) is 12.1 Å². The Kier molecular flexibility index (Phi) is 2.01. The van der Waals surface area contributed by atoms with Crippen molar-refractivity contribution in [3.63, 3.8) is 0 Å². The van der Waals surface area contributed by atoms with Crippen LogP contribution >= 0.6 is 0 Å². The quantitative estimate of drug-likeness (QED) is 0.560. The summed E-state index contributed by atoms with van der Waals surface area (Å²) in [4.78, 5) is 0. The van der Waals surface area contributed by atoms with Gasteiger partial charge in [-0.05, 0) is 18.6 Å². The van der Waals surface area contributed by atoms with Crippen LogP contribution in [-0.4, -0.2) is 10.2 Å². The number of rotatable bonds is 1. The third-order valence-electron chi connectivity index (χ3n) is 1.62. The molecule has 1 aromatic carbocycles. The maximum atomic E-state index is 9.18. The molecule has 0 atom stereocenters. The first kappa shape index (κ1) is 7.88. The molecule has 0 bridgehead atoms. The lowest BCUT2D eigenvalue weighted by Crippen LogP contribution is -1.96. The van der Waals surface area contributed by atoms with E-state index in [0.29, 0.717) is 5.56 Å². The SMILES string of the molecule is Cc1cc(CN)c(O)cc1O. The van der Waals surface area contributed by atoms with Gasteiger partial charge in [-0.15, -0.1) is 0 Å². The molecule has 4 N–H and O–H groups in total. The maximum Gasteiger partial charge on any atom is 0.123 e. The molecule has 0 saturated heterocycles. The van der Waals surface area contributed by atoms with Gasteiger partial charge in [-0.1, -0.05) is 0 Å². The van der Waals surface area contributed by atoms with E-state index in [1.807, 2.05) is 0 Å². The van der Waals surface area contributed by atoms with Gasteiger partial charge in [0.25, 0.3) is 0 Å². The van der Waals surface area contributed by atoms with E-state index in [1.54, 1.807) is 13.0 Å². The molecule has 0 fully saturated rings. The summed E-state index contributed by atoms with van der Waals surface area (Å²) >= 11 is 0. The van der Waals surface area contributed by atoms with Crippen LogP contribution in [0.1, 0.15) is 11.1 Å². The number of hydrogen-bond donors (Lipinski definition) is 3. The summed E-state index contributed by atoms with van der Waals surface area (Å²) in [5.74, 6) is 0.148. The molecule has 3 nitrogen and oxygen atoms in total. The van der Waals surface area contributed by atoms with Gasteiger partial charge in [-0.2, -0.15) is 0 Å². The molecule has 0 radical (unpaired) electrons. The van der Waals surface area contributed by atoms with Crippen LogP contribution in [0, 0.1) is 6.92 Å². The van der Waals surface area contributed by atoms with Crippen molar-refractivity contribution in [3.05, 3.63) is 23.3 Å². The molecule has 0 heterocycles. The third-order valence-corrected chi connectivity index (χ3v) is 1.62. The predicted octanol–water partition coefficient (Wildman–Crippen LogP) is 0.865. The van der Waals surface area contributed by atoms with E-state index in [0.717, 1.165) is 5.56 Å². The predicted molar refractivity (Wildman–Crippen MR) is 42.4 cm³/mol. The van der Waals surface area contributed by atoms with Gasteiger partial charge < -0.3 is 15.9 Å². The van der Waals surface area contributed by atoms with Gasteiger partial charge in [0, 0.05) is 18.2 Å². The second-order valence-electron chi connectivity index (χ2n) is 2.47. The van der Waals surface area contributed by atoms with Gasteiger partial charge in [0.2, 0.25) is 0 Å². The molecule has 0 aliphatic rings. The van der Waals surface area contributed by atoms with E-state index < -0.39 is 0 Å². The lowest BCUT2D eigenvalue weighted by Gasteiger charge is -2.04. The molecule has 0 amide bonds. The van der Waals surface area contributed by atoms with E-state index in [4.69, 9.17) is 10.8 Å². The van der Waals surface area contributed by atoms with Gasteiger partial charge >= 0.3 is 0 Å². The Labute approximate surface area is 65.1 Å². The maximum absolute atomic E-state index is 9.18. The zero-order valence-electron chi connectivity index (χ0n) is 6.33. The Hall–Kier alpha value is -1.22. The van der Waals surface area contributed by atoms with Crippen LogP contribution in [0.4, 0.5) is 0 Å². The molecule has 1 aromatic rings. The van der Waals surface area contributed by atoms with Crippen LogP contribution < -0.4 is 5.73 Å². The highest BCUT2D eigenvalue weighted by Crippen LogP contribution is 2.25. The lowest BCUT2D eigenvalue weighted by atomic mass is 10.1. The van der Waals surface area contributed by atoms with E-state index in [2.05, 4.69) is 0 Å². The van der Waals surface area contributed by atoms with Crippen molar-refractivity contribution in [2.75, 3.05) is 0 Å². The molecule has 3 heteroatoms. The Bertz CT molecular complexity index is 271. The van der Waals surface area contributed by atoms with Crippen molar-refractivity contribution in [1.82, 2.24) is 0 Å². The minimum absolute atomic E-state index is 0.0515. The number of nitrogens with two attached hydrogens (primary N) is 1. The first-order chi connectivity index (χ1) is 5.15. The topological polar surface area (TPSA) is 66.5 Å². The summed E-state index contributed by atoms with van der Waals surface area (Å²) in [6.07, 6.45) is 0. The van der Waals surface area contributed by atoms with Crippen LogP contribution in [0.3, 0.4) is 0 Å². The molecular formula is C8H11NO2. The first-order valence-electron chi connectivity index (χ1n) is 3.36. The fourth-order valence-corrected chi connectivity index (χ4v) is 0.909. The molecule has 60 valence electrons. The summed E-state index contributed by atoms with van der Waals surface area (Å²) in [5, 5.41) is 18.3. The highest BCUT2D eigenvalue weighted by atomic mass is 16.3. The highest BCUT2D eigenvalue weighted by Gasteiger charge is 2.02. The minimum atomic E-state index is 0.0515. The molecule has 0 unspecified atom stereocenters. The van der Waals surface area contributed by atoms with Crippen molar-refractivity contribution in [2.45, 2.75) is 13.5 Å². The number of phenols is 2. The second-order valence-corrected chi connectivity index (χ2v) is 2.47. The molecule has 0 aliphatic carbocycles. The summed E-state index contributed by atoms with van der Waals surface area (Å²) < 4.78 is 0. The summed E-state index contributed by atoms with van der Waals surface area (Å²) in [6.45, 7) is 2.04. The van der Waals surface area contributed by atoms with E-state index >= 15 is 0 Å². The molecule has 0 aromatic heterocycles. The minimum Gasteiger partial charge on any atom is -0.508 e. The monoisotopic (exact) mass is 153 g/mol. The second kappa shape index (κ2) is 2.80. The lowest BCUT2D eigenvalue weighted by molar-refractivity contribution is 0.443. The first-order valence-corrected chi connectivity index (χ1v) is 3.36. The standard InChI is InChI=1S/C8H11NO2/c1-5-2-6(4-9)8(11)3-7(5)10/h2-3,10-11H,4,9H2,1H3. The van der Waals surface area contributed by atoms with Crippen molar-refractivity contribution in [3.8, 4) is 11.5 Å². The average Bonchev–Trinajstić information content (AvgIpc) is 1.97. The van der Waals surface area contributed by atoms with Crippen LogP contribution in [0.5, 0.6) is 11.5 Å². The Morgan fingerprint density at radius 3 is 2.45 bits per heavy atom. The van der Waals surface area contributed by atoms with E-state index in [-0.39, 0.29) is 18.0 Å². The zero-order valence-corrected chi connectivity index (χ0v) is 6.33. The van der Waals surface area contributed by atoms with E-state index in [1.165, 1.54) is 6.07 Å². The number of benzene rings is 1. The van der Waals surface area contributed by atoms with Crippen molar-refractivity contribution in [2.24, 2.45) is 5.73 Å². The zero-order chi connectivity index (χ0) is 8.43. The molecule has 0 aliphatic heterocycles. The fraction of sp³-hybridized carbons (Fsp3) is 0.250. The van der Waals surface area contributed by atoms with Crippen LogP contribution in [0.2, 0.25) is 0 Å². The number of aryl methyl sites for hydroxylation is 1. The smallest absolute Gasteiger partial charge is 0.123 e. The van der Waals surface area contributed by atoms with Crippen molar-refractivity contribution >= 4 is 0 Å². The molecular weight excluding hydrogens is 142 g/mol. The fourth-order valence-electron chi connectivity index (χ4n) is 0.909. The largest absolute Gasteiger partial charge is 0.508 e. The molecule has 11 heavy (non-hydrogen) atoms. The Balaban J connectivity index is 3.21. The van der Waals surface area contributed by atoms with Gasteiger partial charge in [0.05, 0.1) is 0 Å². The summed E-state index contributed by atoms with van der Waals surface area (Å²) in [6, 6.07) is 2.97. The molecule has 0 spiro atoms. The van der Waals surface area contributed by atoms with Crippen molar-refractivity contribution < 1.29 is 10.2 Å². The van der Waals surface area contributed by atoms with Crippen molar-refractivity contribution in [1.29, 1.82) is 0 Å². The number of aromatic hydroxyl groups is 2. The Morgan fingerprint density at radius 1 is 1.27 bits per heavy atom. The van der Waals surface area contributed by atoms with Gasteiger partial charge in [-0.3, -0.25) is 0 Å². The number of phenolic OH excluding ortho intramolecular Hbond substituents is 2. The third kappa shape index (κ3) is 1.43. The van der Waals surface area contributed by atoms with Gasteiger partial charge in [0.1, 0.15) is 11.5 Å². The summed E-state index contributed by atoms with van der Waals surface area (Å²) in [5.41, 5.74) is 6.71. The summed E-state index contributed by atoms with van der Waals surface area (Å²) in [7, 11) is 0. The molecule has 0 saturated carbocycles. The normalized spacial score (nSPS) is 10.0. The van der Waals surface area contributed by atoms with Crippen LogP contribution in [-0.2, 0) is 6.54 Å².